The van der Waals surface area contributed by atoms with Crippen molar-refractivity contribution in [2.24, 2.45) is 0 Å². The first-order chi connectivity index (χ1) is 11.3. The smallest absolute Gasteiger partial charge is 0.494 e. The molecule has 0 saturated heterocycles. The zero-order chi connectivity index (χ0) is 17.7. The van der Waals surface area contributed by atoms with Crippen molar-refractivity contribution in [3.05, 3.63) is 53.6 Å². The van der Waals surface area contributed by atoms with E-state index in [4.69, 9.17) is 4.74 Å². The number of hydrogen-bond acceptors (Lipinski definition) is 3. The number of halogens is 3. The number of carbonyl (C=O) groups is 1. The highest BCUT2D eigenvalue weighted by Crippen LogP contribution is 2.24. The lowest BCUT2D eigenvalue weighted by atomic mass is 10.1. The number of benzene rings is 2. The summed E-state index contributed by atoms with van der Waals surface area (Å²) in [4.78, 5) is 12.2. The SMILES string of the molecule is CCOc1ccc(C(=O)Nc2ccc(OC(F)(F)F)cc2)cc1C. The van der Waals surface area contributed by atoms with Crippen LogP contribution in [0.3, 0.4) is 0 Å². The molecule has 2 rings (SSSR count). The molecule has 2 aromatic rings. The number of alkyl halides is 3. The van der Waals surface area contributed by atoms with Crippen molar-refractivity contribution >= 4 is 11.6 Å². The summed E-state index contributed by atoms with van der Waals surface area (Å²) in [6.07, 6.45) is -4.75. The maximum Gasteiger partial charge on any atom is 0.573 e. The second kappa shape index (κ2) is 7.25. The molecule has 128 valence electrons. The second-order valence-corrected chi connectivity index (χ2v) is 4.94. The molecule has 0 spiro atoms. The van der Waals surface area contributed by atoms with Gasteiger partial charge in [0.2, 0.25) is 0 Å². The Morgan fingerprint density at radius 3 is 2.33 bits per heavy atom. The molecule has 0 aliphatic heterocycles. The molecule has 0 aliphatic rings. The van der Waals surface area contributed by atoms with Crippen molar-refractivity contribution < 1.29 is 27.4 Å². The van der Waals surface area contributed by atoms with Crippen LogP contribution in [-0.4, -0.2) is 18.9 Å². The zero-order valence-electron chi connectivity index (χ0n) is 13.1. The van der Waals surface area contributed by atoms with E-state index in [-0.39, 0.29) is 11.7 Å². The minimum Gasteiger partial charge on any atom is -0.494 e. The maximum atomic E-state index is 12.2. The number of aryl methyl sites for hydroxylation is 1. The van der Waals surface area contributed by atoms with Gasteiger partial charge in [0.1, 0.15) is 11.5 Å². The molecule has 0 unspecified atom stereocenters. The Kier molecular flexibility index (Phi) is 5.33. The van der Waals surface area contributed by atoms with Crippen molar-refractivity contribution in [1.82, 2.24) is 0 Å². The fourth-order valence-electron chi connectivity index (χ4n) is 2.05. The molecule has 2 aromatic carbocycles. The first-order valence-electron chi connectivity index (χ1n) is 7.19. The summed E-state index contributed by atoms with van der Waals surface area (Å²) in [5.41, 5.74) is 1.60. The predicted molar refractivity (Wildman–Crippen MR) is 83.4 cm³/mol. The lowest BCUT2D eigenvalue weighted by Crippen LogP contribution is -2.17. The highest BCUT2D eigenvalue weighted by molar-refractivity contribution is 6.04. The number of carbonyl (C=O) groups excluding carboxylic acids is 1. The monoisotopic (exact) mass is 339 g/mol. The molecule has 7 heteroatoms. The van der Waals surface area contributed by atoms with E-state index in [9.17, 15) is 18.0 Å². The van der Waals surface area contributed by atoms with Gasteiger partial charge in [-0.05, 0) is 61.9 Å². The van der Waals surface area contributed by atoms with Crippen LogP contribution in [0.25, 0.3) is 0 Å². The summed E-state index contributed by atoms with van der Waals surface area (Å²) < 4.78 is 45.5. The van der Waals surface area contributed by atoms with Gasteiger partial charge in [-0.1, -0.05) is 0 Å². The van der Waals surface area contributed by atoms with Crippen molar-refractivity contribution in [3.63, 3.8) is 0 Å². The number of ether oxygens (including phenoxy) is 2. The topological polar surface area (TPSA) is 47.6 Å². The molecule has 0 bridgehead atoms. The molecular weight excluding hydrogens is 323 g/mol. The molecule has 0 heterocycles. The fraction of sp³-hybridized carbons (Fsp3) is 0.235. The molecule has 4 nitrogen and oxygen atoms in total. The minimum atomic E-state index is -4.75. The van der Waals surface area contributed by atoms with Crippen molar-refractivity contribution in [2.75, 3.05) is 11.9 Å². The average Bonchev–Trinajstić information content (AvgIpc) is 2.50. The number of amides is 1. The molecular formula is C17H16F3NO3. The summed E-state index contributed by atoms with van der Waals surface area (Å²) in [5, 5.41) is 2.61. The third-order valence-corrected chi connectivity index (χ3v) is 3.08. The Morgan fingerprint density at radius 1 is 1.12 bits per heavy atom. The van der Waals surface area contributed by atoms with Crippen LogP contribution in [-0.2, 0) is 0 Å². The van der Waals surface area contributed by atoms with Crippen LogP contribution in [0.15, 0.2) is 42.5 Å². The maximum absolute atomic E-state index is 12.2. The van der Waals surface area contributed by atoms with Crippen LogP contribution in [0.5, 0.6) is 11.5 Å². The van der Waals surface area contributed by atoms with Gasteiger partial charge in [-0.3, -0.25) is 4.79 Å². The Hall–Kier alpha value is -2.70. The summed E-state index contributed by atoms with van der Waals surface area (Å²) in [5.74, 6) is -0.0225. The lowest BCUT2D eigenvalue weighted by Gasteiger charge is -2.11. The summed E-state index contributed by atoms with van der Waals surface area (Å²) in [7, 11) is 0. The molecule has 0 radical (unpaired) electrons. The van der Waals surface area contributed by atoms with E-state index in [1.807, 2.05) is 13.8 Å². The van der Waals surface area contributed by atoms with Gasteiger partial charge < -0.3 is 14.8 Å². The molecule has 0 saturated carbocycles. The molecule has 0 aliphatic carbocycles. The first-order valence-corrected chi connectivity index (χ1v) is 7.19. The molecule has 1 amide bonds. The molecule has 0 atom stereocenters. The Morgan fingerprint density at radius 2 is 1.79 bits per heavy atom. The Labute approximate surface area is 137 Å². The van der Waals surface area contributed by atoms with E-state index in [2.05, 4.69) is 10.1 Å². The van der Waals surface area contributed by atoms with Gasteiger partial charge in [0.25, 0.3) is 5.91 Å². The van der Waals surface area contributed by atoms with E-state index >= 15 is 0 Å². The van der Waals surface area contributed by atoms with E-state index in [1.165, 1.54) is 12.1 Å². The highest BCUT2D eigenvalue weighted by Gasteiger charge is 2.30. The van der Waals surface area contributed by atoms with Crippen LogP contribution in [0.4, 0.5) is 18.9 Å². The second-order valence-electron chi connectivity index (χ2n) is 4.94. The molecule has 0 aromatic heterocycles. The standard InChI is InChI=1S/C17H16F3NO3/c1-3-23-15-9-4-12(10-11(15)2)16(22)21-13-5-7-14(8-6-13)24-17(18,19)20/h4-10H,3H2,1-2H3,(H,21,22). The van der Waals surface area contributed by atoms with Crippen LogP contribution in [0, 0.1) is 6.92 Å². The van der Waals surface area contributed by atoms with Gasteiger partial charge in [0, 0.05) is 11.3 Å². The van der Waals surface area contributed by atoms with Gasteiger partial charge in [0.15, 0.2) is 0 Å². The van der Waals surface area contributed by atoms with Gasteiger partial charge in [0.05, 0.1) is 6.61 Å². The van der Waals surface area contributed by atoms with Crippen LogP contribution >= 0.6 is 0 Å². The van der Waals surface area contributed by atoms with Crippen LogP contribution < -0.4 is 14.8 Å². The fourth-order valence-corrected chi connectivity index (χ4v) is 2.05. The lowest BCUT2D eigenvalue weighted by molar-refractivity contribution is -0.274. The third kappa shape index (κ3) is 4.91. The van der Waals surface area contributed by atoms with Gasteiger partial charge >= 0.3 is 6.36 Å². The highest BCUT2D eigenvalue weighted by atomic mass is 19.4. The largest absolute Gasteiger partial charge is 0.573 e. The van der Waals surface area contributed by atoms with Gasteiger partial charge in [-0.25, -0.2) is 0 Å². The van der Waals surface area contributed by atoms with Gasteiger partial charge in [-0.15, -0.1) is 13.2 Å². The Balaban J connectivity index is 2.05. The zero-order valence-corrected chi connectivity index (χ0v) is 13.1. The predicted octanol–water partition coefficient (Wildman–Crippen LogP) is 4.54. The number of anilines is 1. The van der Waals surface area contributed by atoms with E-state index in [1.54, 1.807) is 18.2 Å². The number of rotatable bonds is 5. The van der Waals surface area contributed by atoms with E-state index in [0.717, 1.165) is 17.7 Å². The van der Waals surface area contributed by atoms with Crippen molar-refractivity contribution in [1.29, 1.82) is 0 Å². The number of nitrogens with one attached hydrogen (secondary N) is 1. The molecule has 0 fully saturated rings. The normalized spacial score (nSPS) is 11.0. The average molecular weight is 339 g/mol. The summed E-state index contributed by atoms with van der Waals surface area (Å²) in [6, 6.07) is 9.93. The minimum absolute atomic E-state index is 0.350. The van der Waals surface area contributed by atoms with Crippen molar-refractivity contribution in [3.8, 4) is 11.5 Å². The van der Waals surface area contributed by atoms with Crippen LogP contribution in [0.1, 0.15) is 22.8 Å². The first kappa shape index (κ1) is 17.7. The van der Waals surface area contributed by atoms with Gasteiger partial charge in [-0.2, -0.15) is 0 Å². The summed E-state index contributed by atoms with van der Waals surface area (Å²) >= 11 is 0. The van der Waals surface area contributed by atoms with Crippen molar-refractivity contribution in [2.45, 2.75) is 20.2 Å². The van der Waals surface area contributed by atoms with E-state index < -0.39 is 6.36 Å². The number of hydrogen-bond donors (Lipinski definition) is 1. The van der Waals surface area contributed by atoms with Crippen LogP contribution in [0.2, 0.25) is 0 Å². The molecule has 1 N–H and O–H groups in total. The summed E-state index contributed by atoms with van der Waals surface area (Å²) in [6.45, 7) is 4.22. The quantitative estimate of drug-likeness (QED) is 0.870. The van der Waals surface area contributed by atoms with E-state index in [0.29, 0.717) is 23.6 Å². The Bertz CT molecular complexity index is 712. The molecule has 24 heavy (non-hydrogen) atoms. The third-order valence-electron chi connectivity index (χ3n) is 3.08.